The normalized spacial score (nSPS) is 18.3. The lowest BCUT2D eigenvalue weighted by Crippen LogP contribution is -2.41. The third kappa shape index (κ3) is 6.34. The molecule has 0 aromatic heterocycles. The molecule has 0 spiro atoms. The van der Waals surface area contributed by atoms with Gasteiger partial charge in [-0.15, -0.1) is 24.8 Å². The minimum Gasteiger partial charge on any atom is -0.382 e. The Morgan fingerprint density at radius 2 is 1.69 bits per heavy atom. The highest BCUT2D eigenvalue weighted by Crippen LogP contribution is 2.46. The van der Waals surface area contributed by atoms with E-state index in [0.717, 1.165) is 60.9 Å². The van der Waals surface area contributed by atoms with Crippen molar-refractivity contribution in [2.75, 3.05) is 49.5 Å². The van der Waals surface area contributed by atoms with Crippen LogP contribution in [0.3, 0.4) is 0 Å². The summed E-state index contributed by atoms with van der Waals surface area (Å²) in [7, 11) is 0. The fraction of sp³-hybridized carbons (Fsp3) is 0.520. The molecule has 0 unspecified atom stereocenters. The largest absolute Gasteiger partial charge is 0.416 e. The average molecular weight is 550 g/mol. The summed E-state index contributed by atoms with van der Waals surface area (Å²) in [6.07, 6.45) is 0.505. The van der Waals surface area contributed by atoms with E-state index in [1.54, 1.807) is 0 Å². The first kappa shape index (κ1) is 28.3. The maximum absolute atomic E-state index is 13.8. The Morgan fingerprint density at radius 3 is 2.34 bits per heavy atom. The van der Waals surface area contributed by atoms with Gasteiger partial charge in [-0.05, 0) is 61.1 Å². The molecule has 3 aliphatic rings. The second kappa shape index (κ2) is 11.8. The highest BCUT2D eigenvalue weighted by Gasteiger charge is 2.34. The van der Waals surface area contributed by atoms with E-state index in [1.165, 1.54) is 48.0 Å². The van der Waals surface area contributed by atoms with Crippen LogP contribution in [-0.2, 0) is 12.6 Å². The van der Waals surface area contributed by atoms with Crippen LogP contribution in [0.4, 0.5) is 24.5 Å². The van der Waals surface area contributed by atoms with Crippen LogP contribution < -0.4 is 16.0 Å². The molecule has 3 aliphatic heterocycles. The minimum absolute atomic E-state index is 0. The Bertz CT molecular complexity index is 1010. The zero-order chi connectivity index (χ0) is 23.0. The number of piperidine rings is 1. The summed E-state index contributed by atoms with van der Waals surface area (Å²) in [5.41, 5.74) is 9.08. The molecule has 2 aromatic rings. The monoisotopic (exact) mass is 548 g/mol. The SMILES string of the molecule is Cl.Cl.NCCN1CCC(Nc2cc(C(F)(F)F)cc3c2Cc2ccc(N4CCCC4)cc2S3)CC1. The number of benzene rings is 2. The molecule has 0 amide bonds. The van der Waals surface area contributed by atoms with Crippen molar-refractivity contribution in [3.8, 4) is 0 Å². The first-order valence-corrected chi connectivity index (χ1v) is 12.7. The second-order valence-corrected chi connectivity index (χ2v) is 10.4. The maximum Gasteiger partial charge on any atom is 0.416 e. The lowest BCUT2D eigenvalue weighted by molar-refractivity contribution is -0.137. The standard InChI is InChI=1S/C25H31F3N4S.2ClH/c26-25(27,28)18-14-22(30-19-5-10-31(11-6-19)12-7-29)21-13-17-3-4-20(32-8-1-2-9-32)16-23(17)33-24(21)15-18;;/h3-4,14-16,19,30H,1-2,5-13,29H2;2*1H. The van der Waals surface area contributed by atoms with Crippen molar-refractivity contribution in [3.63, 3.8) is 0 Å². The maximum atomic E-state index is 13.8. The number of hydrogen-bond acceptors (Lipinski definition) is 5. The molecule has 2 aromatic carbocycles. The molecule has 5 rings (SSSR count). The van der Waals surface area contributed by atoms with Gasteiger partial charge >= 0.3 is 6.18 Å². The highest BCUT2D eigenvalue weighted by molar-refractivity contribution is 7.99. The Kier molecular flexibility index (Phi) is 9.54. The van der Waals surface area contributed by atoms with Gasteiger partial charge in [0.1, 0.15) is 0 Å². The van der Waals surface area contributed by atoms with Crippen molar-refractivity contribution in [1.29, 1.82) is 0 Å². The van der Waals surface area contributed by atoms with Crippen LogP contribution in [0.15, 0.2) is 40.1 Å². The third-order valence-corrected chi connectivity index (χ3v) is 8.22. The Balaban J connectivity index is 0.00000171. The first-order valence-electron chi connectivity index (χ1n) is 11.9. The molecule has 35 heavy (non-hydrogen) atoms. The average Bonchev–Trinajstić information content (AvgIpc) is 3.33. The first-order chi connectivity index (χ1) is 15.9. The van der Waals surface area contributed by atoms with Crippen molar-refractivity contribution < 1.29 is 13.2 Å². The van der Waals surface area contributed by atoms with Crippen LogP contribution in [0.5, 0.6) is 0 Å². The van der Waals surface area contributed by atoms with Gasteiger partial charge in [-0.1, -0.05) is 17.8 Å². The summed E-state index contributed by atoms with van der Waals surface area (Å²) in [6, 6.07) is 9.31. The number of anilines is 2. The van der Waals surface area contributed by atoms with Gasteiger partial charge in [0.2, 0.25) is 0 Å². The number of nitrogens with zero attached hydrogens (tertiary/aromatic N) is 2. The van der Waals surface area contributed by atoms with Crippen molar-refractivity contribution in [3.05, 3.63) is 47.0 Å². The van der Waals surface area contributed by atoms with Gasteiger partial charge in [0.25, 0.3) is 0 Å². The van der Waals surface area contributed by atoms with Gasteiger partial charge in [-0.2, -0.15) is 13.2 Å². The lowest BCUT2D eigenvalue weighted by atomic mass is 9.98. The molecule has 194 valence electrons. The molecule has 2 saturated heterocycles. The molecule has 4 nitrogen and oxygen atoms in total. The van der Waals surface area contributed by atoms with Crippen molar-refractivity contribution >= 4 is 48.0 Å². The van der Waals surface area contributed by atoms with E-state index in [4.69, 9.17) is 5.73 Å². The van der Waals surface area contributed by atoms with Crippen LogP contribution >= 0.6 is 36.6 Å². The molecular formula is C25H33Cl2F3N4S. The molecule has 0 saturated carbocycles. The van der Waals surface area contributed by atoms with E-state index in [2.05, 4.69) is 33.3 Å². The smallest absolute Gasteiger partial charge is 0.382 e. The quantitative estimate of drug-likeness (QED) is 0.407. The Morgan fingerprint density at radius 1 is 0.971 bits per heavy atom. The summed E-state index contributed by atoms with van der Waals surface area (Å²) in [4.78, 5) is 6.49. The van der Waals surface area contributed by atoms with Crippen LogP contribution in [0.25, 0.3) is 0 Å². The summed E-state index contributed by atoms with van der Waals surface area (Å²) in [6.45, 7) is 5.46. The van der Waals surface area contributed by atoms with Gasteiger partial charge in [-0.25, -0.2) is 0 Å². The van der Waals surface area contributed by atoms with E-state index in [-0.39, 0.29) is 30.9 Å². The molecule has 10 heteroatoms. The number of halogens is 5. The van der Waals surface area contributed by atoms with Crippen molar-refractivity contribution in [2.45, 2.75) is 54.1 Å². The third-order valence-electron chi connectivity index (χ3n) is 7.04. The zero-order valence-corrected chi connectivity index (χ0v) is 22.0. The molecule has 0 bridgehead atoms. The number of nitrogens with one attached hydrogen (secondary N) is 1. The number of nitrogens with two attached hydrogens (primary N) is 1. The molecular weight excluding hydrogens is 516 g/mol. The zero-order valence-electron chi connectivity index (χ0n) is 19.6. The molecule has 3 N–H and O–H groups in total. The number of fused-ring (bicyclic) bond motifs is 2. The van der Waals surface area contributed by atoms with Crippen LogP contribution in [0.2, 0.25) is 0 Å². The van der Waals surface area contributed by atoms with E-state index in [1.807, 2.05) is 0 Å². The predicted molar refractivity (Wildman–Crippen MR) is 143 cm³/mol. The van der Waals surface area contributed by atoms with Gasteiger partial charge < -0.3 is 20.9 Å². The van der Waals surface area contributed by atoms with Crippen LogP contribution in [0.1, 0.15) is 42.4 Å². The minimum atomic E-state index is -4.37. The summed E-state index contributed by atoms with van der Waals surface area (Å²) in [5.74, 6) is 0. The van der Waals surface area contributed by atoms with E-state index in [0.29, 0.717) is 18.7 Å². The van der Waals surface area contributed by atoms with Crippen LogP contribution in [-0.4, -0.2) is 50.2 Å². The highest BCUT2D eigenvalue weighted by atomic mass is 35.5. The fourth-order valence-electron chi connectivity index (χ4n) is 5.18. The van der Waals surface area contributed by atoms with Crippen molar-refractivity contribution in [2.24, 2.45) is 5.73 Å². The fourth-order valence-corrected chi connectivity index (χ4v) is 6.36. The topological polar surface area (TPSA) is 44.5 Å². The molecule has 3 heterocycles. The predicted octanol–water partition coefficient (Wildman–Crippen LogP) is 6.04. The Labute approximate surface area is 222 Å². The van der Waals surface area contributed by atoms with Gasteiger partial charge in [0.15, 0.2) is 0 Å². The lowest BCUT2D eigenvalue weighted by Gasteiger charge is -2.34. The summed E-state index contributed by atoms with van der Waals surface area (Å²) in [5, 5.41) is 3.49. The van der Waals surface area contributed by atoms with E-state index >= 15 is 0 Å². The molecule has 0 atom stereocenters. The second-order valence-electron chi connectivity index (χ2n) is 9.31. The van der Waals surface area contributed by atoms with Gasteiger partial charge in [-0.3, -0.25) is 0 Å². The van der Waals surface area contributed by atoms with E-state index in [9.17, 15) is 13.2 Å². The van der Waals surface area contributed by atoms with Gasteiger partial charge in [0.05, 0.1) is 5.56 Å². The Hall–Kier alpha value is -1.32. The number of rotatable bonds is 5. The molecule has 0 radical (unpaired) electrons. The van der Waals surface area contributed by atoms with Crippen LogP contribution in [0, 0.1) is 0 Å². The van der Waals surface area contributed by atoms with E-state index < -0.39 is 11.7 Å². The van der Waals surface area contributed by atoms with Crippen molar-refractivity contribution in [1.82, 2.24) is 4.90 Å². The number of likely N-dealkylation sites (tertiary alicyclic amines) is 1. The number of alkyl halides is 3. The van der Waals surface area contributed by atoms with Gasteiger partial charge in [0, 0.05) is 72.9 Å². The molecule has 0 aliphatic carbocycles. The summed E-state index contributed by atoms with van der Waals surface area (Å²) >= 11 is 1.48. The molecule has 2 fully saturated rings. The summed E-state index contributed by atoms with van der Waals surface area (Å²) < 4.78 is 41.3. The number of hydrogen-bond donors (Lipinski definition) is 2.